The van der Waals surface area contributed by atoms with Crippen molar-refractivity contribution in [1.29, 1.82) is 0 Å². The van der Waals surface area contributed by atoms with Crippen LogP contribution in [0.5, 0.6) is 0 Å². The fourth-order valence-corrected chi connectivity index (χ4v) is 1.55. The first-order valence-corrected chi connectivity index (χ1v) is 5.28. The van der Waals surface area contributed by atoms with E-state index in [1.54, 1.807) is 24.3 Å². The van der Waals surface area contributed by atoms with Gasteiger partial charge in [-0.25, -0.2) is 21.2 Å². The lowest BCUT2D eigenvalue weighted by molar-refractivity contribution is 0.103. The second-order valence-corrected chi connectivity index (χ2v) is 3.79. The van der Waals surface area contributed by atoms with E-state index in [0.29, 0.717) is 16.8 Å². The predicted octanol–water partition coefficient (Wildman–Crippen LogP) is 1.61. The molecule has 92 valence electrons. The second-order valence-electron chi connectivity index (χ2n) is 3.79. The molecule has 0 heterocycles. The van der Waals surface area contributed by atoms with Crippen molar-refractivity contribution in [2.75, 3.05) is 5.12 Å². The lowest BCUT2D eigenvalue weighted by atomic mass is 10.0. The summed E-state index contributed by atoms with van der Waals surface area (Å²) in [7, 11) is 0. The van der Waals surface area contributed by atoms with Crippen molar-refractivity contribution in [3.05, 3.63) is 65.5 Å². The van der Waals surface area contributed by atoms with Crippen LogP contribution in [0.25, 0.3) is 0 Å². The van der Waals surface area contributed by atoms with Gasteiger partial charge < -0.3 is 0 Å². The minimum atomic E-state index is -0.371. The van der Waals surface area contributed by atoms with Crippen molar-refractivity contribution in [2.45, 2.75) is 0 Å². The SMILES string of the molecule is NN(N)c1ccc(C(=O)c2ccc(F)cc2)cc1. The van der Waals surface area contributed by atoms with Crippen molar-refractivity contribution < 1.29 is 9.18 Å². The van der Waals surface area contributed by atoms with E-state index in [9.17, 15) is 9.18 Å². The monoisotopic (exact) mass is 245 g/mol. The van der Waals surface area contributed by atoms with Gasteiger partial charge in [-0.1, -0.05) is 0 Å². The highest BCUT2D eigenvalue weighted by atomic mass is 19.1. The summed E-state index contributed by atoms with van der Waals surface area (Å²) >= 11 is 0. The molecule has 0 saturated heterocycles. The van der Waals surface area contributed by atoms with Gasteiger partial charge in [-0.3, -0.25) is 4.79 Å². The van der Waals surface area contributed by atoms with Gasteiger partial charge in [0.15, 0.2) is 5.78 Å². The molecular formula is C13H12FN3O. The quantitative estimate of drug-likeness (QED) is 0.489. The Morgan fingerprint density at radius 2 is 1.33 bits per heavy atom. The van der Waals surface area contributed by atoms with Crippen molar-refractivity contribution in [3.8, 4) is 0 Å². The summed E-state index contributed by atoms with van der Waals surface area (Å²) < 4.78 is 12.7. The van der Waals surface area contributed by atoms with Crippen LogP contribution in [0.15, 0.2) is 48.5 Å². The number of halogens is 1. The molecule has 0 fully saturated rings. The molecule has 0 spiro atoms. The van der Waals surface area contributed by atoms with Crippen molar-refractivity contribution in [3.63, 3.8) is 0 Å². The first-order chi connectivity index (χ1) is 8.58. The molecule has 0 saturated carbocycles. The summed E-state index contributed by atoms with van der Waals surface area (Å²) in [5.41, 5.74) is 1.51. The number of nitrogens with zero attached hydrogens (tertiary/aromatic N) is 1. The Kier molecular flexibility index (Phi) is 3.36. The van der Waals surface area contributed by atoms with Crippen LogP contribution in [-0.4, -0.2) is 5.78 Å². The Labute approximate surface area is 104 Å². The molecule has 0 radical (unpaired) electrons. The average molecular weight is 245 g/mol. The number of nitrogens with two attached hydrogens (primary N) is 2. The van der Waals surface area contributed by atoms with Crippen LogP contribution in [0.2, 0.25) is 0 Å². The van der Waals surface area contributed by atoms with Gasteiger partial charge in [0.25, 0.3) is 0 Å². The van der Waals surface area contributed by atoms with E-state index >= 15 is 0 Å². The lowest BCUT2D eigenvalue weighted by Crippen LogP contribution is -2.37. The molecule has 0 atom stereocenters. The van der Waals surface area contributed by atoms with Gasteiger partial charge in [0.05, 0.1) is 5.69 Å². The van der Waals surface area contributed by atoms with E-state index in [2.05, 4.69) is 0 Å². The van der Waals surface area contributed by atoms with Crippen LogP contribution in [-0.2, 0) is 0 Å². The molecule has 0 aliphatic carbocycles. The zero-order chi connectivity index (χ0) is 13.1. The molecule has 0 amide bonds. The summed E-state index contributed by atoms with van der Waals surface area (Å²) in [4.78, 5) is 12.0. The highest BCUT2D eigenvalue weighted by molar-refractivity contribution is 6.09. The second kappa shape index (κ2) is 4.95. The summed E-state index contributed by atoms with van der Waals surface area (Å²) in [6.07, 6.45) is 0. The molecular weight excluding hydrogens is 233 g/mol. The summed E-state index contributed by atoms with van der Waals surface area (Å²) in [5.74, 6) is 10.2. The van der Waals surface area contributed by atoms with E-state index in [1.165, 1.54) is 24.3 Å². The maximum absolute atomic E-state index is 12.7. The van der Waals surface area contributed by atoms with Crippen LogP contribution < -0.4 is 16.8 Å². The average Bonchev–Trinajstić information content (AvgIpc) is 2.39. The molecule has 0 aromatic heterocycles. The van der Waals surface area contributed by atoms with E-state index < -0.39 is 0 Å². The lowest BCUT2D eigenvalue weighted by Gasteiger charge is -2.11. The Morgan fingerprint density at radius 3 is 1.78 bits per heavy atom. The van der Waals surface area contributed by atoms with Crippen LogP contribution in [0.3, 0.4) is 0 Å². The van der Waals surface area contributed by atoms with Gasteiger partial charge in [0, 0.05) is 11.1 Å². The zero-order valence-corrected chi connectivity index (χ0v) is 9.51. The van der Waals surface area contributed by atoms with Crippen LogP contribution in [0.1, 0.15) is 15.9 Å². The number of carbonyl (C=O) groups excluding carboxylic acids is 1. The van der Waals surface area contributed by atoms with Crippen molar-refractivity contribution in [1.82, 2.24) is 0 Å². The first kappa shape index (κ1) is 12.2. The molecule has 0 aliphatic rings. The third-order valence-corrected chi connectivity index (χ3v) is 2.53. The molecule has 18 heavy (non-hydrogen) atoms. The van der Waals surface area contributed by atoms with Crippen molar-refractivity contribution in [2.24, 2.45) is 11.7 Å². The third-order valence-electron chi connectivity index (χ3n) is 2.53. The highest BCUT2D eigenvalue weighted by Crippen LogP contribution is 2.14. The van der Waals surface area contributed by atoms with E-state index in [-0.39, 0.29) is 11.6 Å². The topological polar surface area (TPSA) is 72.3 Å². The van der Waals surface area contributed by atoms with E-state index in [4.69, 9.17) is 11.7 Å². The normalized spacial score (nSPS) is 10.2. The predicted molar refractivity (Wildman–Crippen MR) is 67.1 cm³/mol. The van der Waals surface area contributed by atoms with E-state index in [1.807, 2.05) is 0 Å². The molecule has 0 unspecified atom stereocenters. The number of rotatable bonds is 3. The molecule has 0 aliphatic heterocycles. The smallest absolute Gasteiger partial charge is 0.193 e. The van der Waals surface area contributed by atoms with Gasteiger partial charge in [-0.05, 0) is 48.5 Å². The van der Waals surface area contributed by atoms with Crippen LogP contribution >= 0.6 is 0 Å². The van der Waals surface area contributed by atoms with E-state index in [0.717, 1.165) is 5.12 Å². The minimum Gasteiger partial charge on any atom is -0.289 e. The van der Waals surface area contributed by atoms with Gasteiger partial charge in [-0.2, -0.15) is 0 Å². The Bertz CT molecular complexity index is 549. The Morgan fingerprint density at radius 1 is 0.889 bits per heavy atom. The fourth-order valence-electron chi connectivity index (χ4n) is 1.55. The fraction of sp³-hybridized carbons (Fsp3) is 0. The molecule has 2 rings (SSSR count). The van der Waals surface area contributed by atoms with Gasteiger partial charge in [0.2, 0.25) is 0 Å². The largest absolute Gasteiger partial charge is 0.289 e. The minimum absolute atomic E-state index is 0.179. The number of hydrazine groups is 2. The van der Waals surface area contributed by atoms with Crippen LogP contribution in [0, 0.1) is 5.82 Å². The van der Waals surface area contributed by atoms with Gasteiger partial charge >= 0.3 is 0 Å². The Hall–Kier alpha value is -2.24. The number of carbonyl (C=O) groups is 1. The number of hydrogen-bond acceptors (Lipinski definition) is 4. The highest BCUT2D eigenvalue weighted by Gasteiger charge is 2.09. The summed E-state index contributed by atoms with van der Waals surface area (Å²) in [6, 6.07) is 11.9. The number of benzene rings is 2. The molecule has 4 nitrogen and oxygen atoms in total. The summed E-state index contributed by atoms with van der Waals surface area (Å²) in [6.45, 7) is 0. The number of anilines is 1. The number of ketones is 1. The number of hydrogen-bond donors (Lipinski definition) is 2. The molecule has 5 heteroatoms. The zero-order valence-electron chi connectivity index (χ0n) is 9.51. The van der Waals surface area contributed by atoms with Gasteiger partial charge in [0.1, 0.15) is 5.82 Å². The molecule has 0 bridgehead atoms. The van der Waals surface area contributed by atoms with Crippen molar-refractivity contribution >= 4 is 11.5 Å². The van der Waals surface area contributed by atoms with Crippen LogP contribution in [0.4, 0.5) is 10.1 Å². The molecule has 2 aromatic rings. The molecule has 4 N–H and O–H groups in total. The standard InChI is InChI=1S/C13H12FN3O/c14-11-5-1-9(2-6-11)13(18)10-3-7-12(8-4-10)17(15)16/h1-8H,15-16H2. The first-order valence-electron chi connectivity index (χ1n) is 5.28. The maximum atomic E-state index is 12.7. The molecule has 2 aromatic carbocycles. The maximum Gasteiger partial charge on any atom is 0.193 e. The third kappa shape index (κ3) is 2.53. The van der Waals surface area contributed by atoms with Gasteiger partial charge in [-0.15, -0.1) is 0 Å². The summed E-state index contributed by atoms with van der Waals surface area (Å²) in [5, 5.41) is 0.964. The Balaban J connectivity index is 2.26.